The molecule has 0 bridgehead atoms. The maximum Gasteiger partial charge on any atom is 0.0146 e. The van der Waals surface area contributed by atoms with Crippen LogP contribution in [0.5, 0.6) is 0 Å². The lowest BCUT2D eigenvalue weighted by molar-refractivity contribution is 0.646. The molecule has 0 radical (unpaired) electrons. The Morgan fingerprint density at radius 1 is 1.30 bits per heavy atom. The van der Waals surface area contributed by atoms with Crippen molar-refractivity contribution in [1.82, 2.24) is 5.32 Å². The van der Waals surface area contributed by atoms with E-state index in [1.54, 1.807) is 11.3 Å². The third-order valence-corrected chi connectivity index (χ3v) is 3.26. The molecule has 1 N–H and O–H groups in total. The van der Waals surface area contributed by atoms with E-state index in [0.29, 0.717) is 0 Å². The van der Waals surface area contributed by atoms with E-state index >= 15 is 0 Å². The smallest absolute Gasteiger partial charge is 0.0146 e. The van der Waals surface area contributed by atoms with Crippen molar-refractivity contribution in [3.8, 4) is 0 Å². The van der Waals surface area contributed by atoms with E-state index in [1.807, 2.05) is 0 Å². The molecule has 1 aliphatic heterocycles. The molecule has 10 heavy (non-hydrogen) atoms. The molecule has 2 atom stereocenters. The van der Waals surface area contributed by atoms with Gasteiger partial charge in [-0.25, -0.2) is 0 Å². The van der Waals surface area contributed by atoms with Crippen molar-refractivity contribution in [3.05, 3.63) is 11.3 Å². The summed E-state index contributed by atoms with van der Waals surface area (Å²) in [6, 6.07) is 0. The van der Waals surface area contributed by atoms with E-state index in [9.17, 15) is 0 Å². The third-order valence-electron chi connectivity index (χ3n) is 3.26. The minimum absolute atomic E-state index is 1.04. The zero-order chi connectivity index (χ0) is 6.55. The molecule has 0 aromatic heterocycles. The third kappa shape index (κ3) is 0.536. The number of nitrogens with one attached hydrogen (secondary N) is 1. The second-order valence-electron chi connectivity index (χ2n) is 3.82. The fraction of sp³-hybridized carbons (Fsp3) is 0.778. The summed E-state index contributed by atoms with van der Waals surface area (Å²) < 4.78 is 0. The summed E-state index contributed by atoms with van der Waals surface area (Å²) in [5.74, 6) is 2.12. The normalized spacial score (nSPS) is 42.4. The van der Waals surface area contributed by atoms with Crippen molar-refractivity contribution < 1.29 is 0 Å². The molecule has 0 aromatic rings. The van der Waals surface area contributed by atoms with Crippen LogP contribution >= 0.6 is 0 Å². The van der Waals surface area contributed by atoms with Crippen molar-refractivity contribution in [1.29, 1.82) is 0 Å². The highest BCUT2D eigenvalue weighted by Gasteiger charge is 2.43. The topological polar surface area (TPSA) is 12.0 Å². The maximum atomic E-state index is 3.52. The van der Waals surface area contributed by atoms with Gasteiger partial charge in [-0.15, -0.1) is 0 Å². The number of hydrogen-bond acceptors (Lipinski definition) is 1. The highest BCUT2D eigenvalue weighted by molar-refractivity contribution is 5.31. The van der Waals surface area contributed by atoms with Gasteiger partial charge < -0.3 is 5.32 Å². The molecule has 3 rings (SSSR count). The van der Waals surface area contributed by atoms with Gasteiger partial charge in [0.05, 0.1) is 0 Å². The van der Waals surface area contributed by atoms with Crippen molar-refractivity contribution in [2.45, 2.75) is 25.7 Å². The van der Waals surface area contributed by atoms with Crippen LogP contribution in [-0.4, -0.2) is 6.54 Å². The van der Waals surface area contributed by atoms with Gasteiger partial charge in [0.15, 0.2) is 0 Å². The van der Waals surface area contributed by atoms with Gasteiger partial charge in [0, 0.05) is 12.2 Å². The first kappa shape index (κ1) is 5.22. The first-order chi connectivity index (χ1) is 4.95. The van der Waals surface area contributed by atoms with Crippen LogP contribution in [-0.2, 0) is 0 Å². The maximum absolute atomic E-state index is 3.52. The van der Waals surface area contributed by atoms with E-state index in [1.165, 1.54) is 32.2 Å². The van der Waals surface area contributed by atoms with Crippen molar-refractivity contribution >= 4 is 0 Å². The Morgan fingerprint density at radius 3 is 3.10 bits per heavy atom. The fourth-order valence-electron chi connectivity index (χ4n) is 2.41. The van der Waals surface area contributed by atoms with Crippen LogP contribution in [0.3, 0.4) is 0 Å². The Hall–Kier alpha value is -0.460. The summed E-state index contributed by atoms with van der Waals surface area (Å²) >= 11 is 0. The number of rotatable bonds is 0. The van der Waals surface area contributed by atoms with Gasteiger partial charge in [0.25, 0.3) is 0 Å². The summed E-state index contributed by atoms with van der Waals surface area (Å²) in [5, 5.41) is 3.52. The van der Waals surface area contributed by atoms with E-state index in [-0.39, 0.29) is 0 Å². The molecule has 1 fully saturated rings. The fourth-order valence-corrected chi connectivity index (χ4v) is 2.41. The number of allylic oxidation sites excluding steroid dienone is 2. The summed E-state index contributed by atoms with van der Waals surface area (Å²) in [7, 11) is 0. The predicted molar refractivity (Wildman–Crippen MR) is 40.5 cm³/mol. The Kier molecular flexibility index (Phi) is 0.825. The second-order valence-corrected chi connectivity index (χ2v) is 3.82. The predicted octanol–water partition coefficient (Wildman–Crippen LogP) is 1.66. The molecule has 1 heteroatoms. The quantitative estimate of drug-likeness (QED) is 0.532. The Bertz CT molecular complexity index is 205. The van der Waals surface area contributed by atoms with E-state index < -0.39 is 0 Å². The van der Waals surface area contributed by atoms with Gasteiger partial charge in [-0.05, 0) is 43.1 Å². The summed E-state index contributed by atoms with van der Waals surface area (Å²) in [6.45, 7) is 1.25. The first-order valence-electron chi connectivity index (χ1n) is 4.41. The molecular formula is C9H13N. The summed E-state index contributed by atoms with van der Waals surface area (Å²) in [6.07, 6.45) is 5.69. The largest absolute Gasteiger partial charge is 0.388 e. The molecule has 1 nitrogen and oxygen atoms in total. The highest BCUT2D eigenvalue weighted by atomic mass is 14.9. The van der Waals surface area contributed by atoms with Gasteiger partial charge in [0.1, 0.15) is 0 Å². The molecule has 0 aromatic carbocycles. The molecule has 54 valence electrons. The molecule has 3 aliphatic rings. The van der Waals surface area contributed by atoms with Crippen LogP contribution in [0.15, 0.2) is 11.3 Å². The molecule has 0 amide bonds. The molecule has 2 unspecified atom stereocenters. The first-order valence-corrected chi connectivity index (χ1v) is 4.41. The standard InChI is InChI=1S/C9H13N/c1-2-9-7(1)8-5-6(8)3-4-10-9/h6,8,10H,1-5H2. The average Bonchev–Trinajstić information content (AvgIpc) is 2.56. The molecule has 1 saturated carbocycles. The van der Waals surface area contributed by atoms with Gasteiger partial charge in [0.2, 0.25) is 0 Å². The van der Waals surface area contributed by atoms with Crippen LogP contribution in [0.25, 0.3) is 0 Å². The molecule has 1 heterocycles. The molecule has 0 spiro atoms. The van der Waals surface area contributed by atoms with Gasteiger partial charge in [-0.1, -0.05) is 0 Å². The Balaban J connectivity index is 1.94. The molecule has 0 saturated heterocycles. The van der Waals surface area contributed by atoms with Gasteiger partial charge >= 0.3 is 0 Å². The highest BCUT2D eigenvalue weighted by Crippen LogP contribution is 2.53. The molecule has 2 aliphatic carbocycles. The van der Waals surface area contributed by atoms with Crippen LogP contribution in [0.4, 0.5) is 0 Å². The Labute approximate surface area is 61.5 Å². The van der Waals surface area contributed by atoms with E-state index in [4.69, 9.17) is 0 Å². The zero-order valence-electron chi connectivity index (χ0n) is 6.19. The Morgan fingerprint density at radius 2 is 2.30 bits per heavy atom. The minimum atomic E-state index is 1.04. The lowest BCUT2D eigenvalue weighted by atomic mass is 9.90. The minimum Gasteiger partial charge on any atom is -0.388 e. The average molecular weight is 135 g/mol. The lowest BCUT2D eigenvalue weighted by Crippen LogP contribution is -2.20. The van der Waals surface area contributed by atoms with Crippen molar-refractivity contribution in [2.75, 3.05) is 6.54 Å². The van der Waals surface area contributed by atoms with Gasteiger partial charge in [-0.2, -0.15) is 0 Å². The number of fused-ring (bicyclic) bond motifs is 2. The van der Waals surface area contributed by atoms with Crippen LogP contribution in [0.1, 0.15) is 25.7 Å². The van der Waals surface area contributed by atoms with E-state index in [2.05, 4.69) is 5.32 Å². The lowest BCUT2D eigenvalue weighted by Gasteiger charge is -2.23. The SMILES string of the molecule is C1CC2CC2C2=C(CC2)N1. The van der Waals surface area contributed by atoms with Gasteiger partial charge in [-0.3, -0.25) is 0 Å². The van der Waals surface area contributed by atoms with Crippen molar-refractivity contribution in [2.24, 2.45) is 11.8 Å². The number of hydrogen-bond donors (Lipinski definition) is 1. The van der Waals surface area contributed by atoms with Crippen LogP contribution in [0, 0.1) is 11.8 Å². The zero-order valence-corrected chi connectivity index (χ0v) is 6.19. The monoisotopic (exact) mass is 135 g/mol. The van der Waals surface area contributed by atoms with Crippen LogP contribution in [0.2, 0.25) is 0 Å². The van der Waals surface area contributed by atoms with Crippen LogP contribution < -0.4 is 5.32 Å². The van der Waals surface area contributed by atoms with Crippen molar-refractivity contribution in [3.63, 3.8) is 0 Å². The van der Waals surface area contributed by atoms with E-state index in [0.717, 1.165) is 11.8 Å². The molecular weight excluding hydrogens is 122 g/mol. The second kappa shape index (κ2) is 1.58. The summed E-state index contributed by atoms with van der Waals surface area (Å²) in [5.41, 5.74) is 3.41. The summed E-state index contributed by atoms with van der Waals surface area (Å²) in [4.78, 5) is 0.